The largest absolute Gasteiger partial charge is 0.496 e. The van der Waals surface area contributed by atoms with Crippen LogP contribution in [0.5, 0.6) is 5.75 Å². The van der Waals surface area contributed by atoms with Crippen molar-refractivity contribution in [1.82, 2.24) is 15.1 Å². The fraction of sp³-hybridized carbons (Fsp3) is 0.583. The number of methoxy groups -OCH3 is 1. The number of hydrogen-bond acceptors (Lipinski definition) is 7. The zero-order valence-electron chi connectivity index (χ0n) is 21.3. The smallest absolute Gasteiger partial charge is 0.408 e. The molecule has 2 aromatic rings. The number of benzene rings is 1. The molecule has 1 amide bonds. The van der Waals surface area contributed by atoms with Crippen LogP contribution >= 0.6 is 11.6 Å². The van der Waals surface area contributed by atoms with E-state index in [-0.39, 0.29) is 52.2 Å². The number of carbonyl (C=O) groups excluding carboxylic acids is 1. The quantitative estimate of drug-likeness (QED) is 0.389. The molecule has 0 radical (unpaired) electrons. The maximum Gasteiger partial charge on any atom is 0.408 e. The molecule has 14 heteroatoms. The number of rotatable bonds is 10. The van der Waals surface area contributed by atoms with Gasteiger partial charge in [0.25, 0.3) is 5.91 Å². The number of nitrogens with zero attached hydrogens (tertiary/aromatic N) is 2. The van der Waals surface area contributed by atoms with Crippen molar-refractivity contribution in [2.45, 2.75) is 56.6 Å². The summed E-state index contributed by atoms with van der Waals surface area (Å²) < 4.78 is 69.2. The number of alkyl halides is 3. The number of hydrogen-bond donors (Lipinski definition) is 3. The highest BCUT2D eigenvalue weighted by Gasteiger charge is 2.36. The molecule has 1 aromatic heterocycles. The number of amides is 1. The van der Waals surface area contributed by atoms with Gasteiger partial charge in [-0.2, -0.15) is 18.3 Å². The second-order valence-corrected chi connectivity index (χ2v) is 12.2. The van der Waals surface area contributed by atoms with Gasteiger partial charge in [0.2, 0.25) is 0 Å². The standard InChI is InChI=1S/C24H32ClF3N4O5S/c1-14(24(26,27)28)30-16-6-9-18(19(12-16)37-2)22-20(25)21(31-32(22)10-11-33)23(34)29-13-15-4-7-17(8-5-15)38(3,35)36/h6,9,12,14-15,17,30,33H,4-5,7-8,10-11,13H2,1-3H3,(H,29,34). The number of aromatic nitrogens is 2. The molecule has 0 spiro atoms. The van der Waals surface area contributed by atoms with Crippen molar-refractivity contribution in [2.24, 2.45) is 5.92 Å². The van der Waals surface area contributed by atoms with E-state index in [2.05, 4.69) is 15.7 Å². The van der Waals surface area contributed by atoms with Crippen LogP contribution in [0, 0.1) is 5.92 Å². The molecule has 3 rings (SSSR count). The number of anilines is 1. The molecule has 1 heterocycles. The highest BCUT2D eigenvalue weighted by molar-refractivity contribution is 7.91. The lowest BCUT2D eigenvalue weighted by atomic mass is 9.89. The Balaban J connectivity index is 1.81. The van der Waals surface area contributed by atoms with E-state index in [0.29, 0.717) is 37.8 Å². The van der Waals surface area contributed by atoms with Gasteiger partial charge in [0, 0.05) is 30.1 Å². The molecule has 38 heavy (non-hydrogen) atoms. The Morgan fingerprint density at radius 1 is 1.29 bits per heavy atom. The van der Waals surface area contributed by atoms with Gasteiger partial charge in [-0.05, 0) is 50.7 Å². The maximum absolute atomic E-state index is 13.0. The number of halogens is 4. The molecule has 0 aliphatic heterocycles. The van der Waals surface area contributed by atoms with Crippen molar-refractivity contribution in [1.29, 1.82) is 0 Å². The monoisotopic (exact) mass is 580 g/mol. The Bertz CT molecular complexity index is 1240. The molecule has 212 valence electrons. The summed E-state index contributed by atoms with van der Waals surface area (Å²) in [6.45, 7) is 1.03. The first-order chi connectivity index (χ1) is 17.8. The van der Waals surface area contributed by atoms with Gasteiger partial charge in [-0.3, -0.25) is 9.48 Å². The number of carbonyl (C=O) groups is 1. The summed E-state index contributed by atoms with van der Waals surface area (Å²) in [5, 5.41) is 18.6. The third-order valence-electron chi connectivity index (χ3n) is 6.70. The van der Waals surface area contributed by atoms with Crippen molar-refractivity contribution in [3.63, 3.8) is 0 Å². The number of ether oxygens (including phenoxy) is 1. The van der Waals surface area contributed by atoms with Crippen LogP contribution in [-0.4, -0.2) is 73.2 Å². The molecule has 9 nitrogen and oxygen atoms in total. The maximum atomic E-state index is 13.0. The molecule has 3 N–H and O–H groups in total. The van der Waals surface area contributed by atoms with Crippen LogP contribution in [0.25, 0.3) is 11.3 Å². The molecule has 1 aliphatic carbocycles. The predicted molar refractivity (Wildman–Crippen MR) is 138 cm³/mol. The van der Waals surface area contributed by atoms with Crippen molar-refractivity contribution >= 4 is 33.0 Å². The summed E-state index contributed by atoms with van der Waals surface area (Å²) in [5.74, 6) is -0.219. The lowest BCUT2D eigenvalue weighted by molar-refractivity contribution is -0.138. The first-order valence-electron chi connectivity index (χ1n) is 12.1. The van der Waals surface area contributed by atoms with E-state index in [4.69, 9.17) is 16.3 Å². The average molecular weight is 581 g/mol. The predicted octanol–water partition coefficient (Wildman–Crippen LogP) is 3.90. The summed E-state index contributed by atoms with van der Waals surface area (Å²) in [5.41, 5.74) is 0.742. The van der Waals surface area contributed by atoms with Crippen LogP contribution in [0.3, 0.4) is 0 Å². The van der Waals surface area contributed by atoms with Gasteiger partial charge in [-0.15, -0.1) is 0 Å². The summed E-state index contributed by atoms with van der Waals surface area (Å²) >= 11 is 6.59. The Hall–Kier alpha value is -2.51. The van der Waals surface area contributed by atoms with Crippen LogP contribution in [0.2, 0.25) is 5.02 Å². The molecule has 1 aromatic carbocycles. The summed E-state index contributed by atoms with van der Waals surface area (Å²) in [6.07, 6.45) is -0.779. The molecule has 1 aliphatic rings. The third kappa shape index (κ3) is 7.11. The van der Waals surface area contributed by atoms with Gasteiger partial charge in [0.15, 0.2) is 5.69 Å². The lowest BCUT2D eigenvalue weighted by Crippen LogP contribution is -2.34. The molecule has 0 bridgehead atoms. The first kappa shape index (κ1) is 30.0. The van der Waals surface area contributed by atoms with E-state index in [1.807, 2.05) is 0 Å². The van der Waals surface area contributed by atoms with E-state index in [9.17, 15) is 31.5 Å². The van der Waals surface area contributed by atoms with Crippen LogP contribution in [0.1, 0.15) is 43.1 Å². The van der Waals surface area contributed by atoms with Crippen LogP contribution < -0.4 is 15.4 Å². The zero-order valence-corrected chi connectivity index (χ0v) is 22.9. The summed E-state index contributed by atoms with van der Waals surface area (Å²) in [4.78, 5) is 13.0. The molecule has 1 fully saturated rings. The van der Waals surface area contributed by atoms with Crippen molar-refractivity contribution in [3.8, 4) is 17.0 Å². The molecule has 1 unspecified atom stereocenters. The Morgan fingerprint density at radius 2 is 1.95 bits per heavy atom. The lowest BCUT2D eigenvalue weighted by Gasteiger charge is -2.27. The van der Waals surface area contributed by atoms with Gasteiger partial charge in [0.05, 0.1) is 36.2 Å². The first-order valence-corrected chi connectivity index (χ1v) is 14.4. The van der Waals surface area contributed by atoms with E-state index in [0.717, 1.165) is 6.92 Å². The molecule has 1 atom stereocenters. The molecule has 0 saturated heterocycles. The Kier molecular flexibility index (Phi) is 9.58. The minimum absolute atomic E-state index is 0.000552. The minimum Gasteiger partial charge on any atom is -0.496 e. The van der Waals surface area contributed by atoms with Crippen LogP contribution in [0.4, 0.5) is 18.9 Å². The highest BCUT2D eigenvalue weighted by Crippen LogP contribution is 2.39. The molecular weight excluding hydrogens is 549 g/mol. The van der Waals surface area contributed by atoms with Gasteiger partial charge >= 0.3 is 6.18 Å². The topological polar surface area (TPSA) is 123 Å². The molecule has 1 saturated carbocycles. The average Bonchev–Trinajstić information content (AvgIpc) is 3.17. The van der Waals surface area contributed by atoms with Crippen LogP contribution in [-0.2, 0) is 16.4 Å². The fourth-order valence-electron chi connectivity index (χ4n) is 4.49. The van der Waals surface area contributed by atoms with E-state index in [1.165, 1.54) is 36.2 Å². The Labute approximate surface area is 224 Å². The Morgan fingerprint density at radius 3 is 2.50 bits per heavy atom. The van der Waals surface area contributed by atoms with E-state index in [1.54, 1.807) is 0 Å². The molecular formula is C24H32ClF3N4O5S. The van der Waals surface area contributed by atoms with Gasteiger partial charge in [0.1, 0.15) is 21.6 Å². The van der Waals surface area contributed by atoms with Gasteiger partial charge in [-0.25, -0.2) is 8.42 Å². The van der Waals surface area contributed by atoms with Crippen LogP contribution in [0.15, 0.2) is 18.2 Å². The van der Waals surface area contributed by atoms with E-state index < -0.39 is 28.0 Å². The number of aliphatic hydroxyl groups excluding tert-OH is 1. The van der Waals surface area contributed by atoms with Gasteiger partial charge < -0.3 is 20.5 Å². The van der Waals surface area contributed by atoms with E-state index >= 15 is 0 Å². The number of nitrogens with one attached hydrogen (secondary N) is 2. The third-order valence-corrected chi connectivity index (χ3v) is 8.74. The SMILES string of the molecule is COc1cc(NC(C)C(F)(F)F)ccc1-c1c(Cl)c(C(=O)NCC2CCC(S(C)(=O)=O)CC2)nn1CCO. The fourth-order valence-corrected chi connectivity index (χ4v) is 5.94. The normalized spacial score (nSPS) is 19.2. The van der Waals surface area contributed by atoms with Crippen molar-refractivity contribution in [3.05, 3.63) is 28.9 Å². The zero-order chi connectivity index (χ0) is 28.3. The van der Waals surface area contributed by atoms with Crippen molar-refractivity contribution in [2.75, 3.05) is 31.8 Å². The second-order valence-electron chi connectivity index (χ2n) is 9.46. The summed E-state index contributed by atoms with van der Waals surface area (Å²) in [7, 11) is -1.74. The minimum atomic E-state index is -4.44. The number of aliphatic hydroxyl groups is 1. The number of sulfone groups is 1. The van der Waals surface area contributed by atoms with Crippen molar-refractivity contribution < 1.29 is 36.2 Å². The van der Waals surface area contributed by atoms with Gasteiger partial charge in [-0.1, -0.05) is 11.6 Å². The second kappa shape index (κ2) is 12.1. The highest BCUT2D eigenvalue weighted by atomic mass is 35.5. The summed E-state index contributed by atoms with van der Waals surface area (Å²) in [6, 6.07) is 2.53.